The quantitative estimate of drug-likeness (QED) is 0.342. The van der Waals surface area contributed by atoms with E-state index < -0.39 is 0 Å². The van der Waals surface area contributed by atoms with Crippen LogP contribution in [0.4, 0.5) is 0 Å². The van der Waals surface area contributed by atoms with Crippen molar-refractivity contribution < 1.29 is 9.53 Å². The summed E-state index contributed by atoms with van der Waals surface area (Å²) in [6.45, 7) is 8.97. The monoisotopic (exact) mass is 494 g/mol. The SMILES string of the molecule is CC(=O)N1CCc2c(c(-c3cccc4cc(-c5ccc(C(C)C)cc5)ncc34)nn2C2CCOCC2)C1. The highest BCUT2D eigenvalue weighted by molar-refractivity contribution is 5.97. The Balaban J connectivity index is 1.44. The minimum atomic E-state index is 0.114. The highest BCUT2D eigenvalue weighted by Gasteiger charge is 2.30. The zero-order chi connectivity index (χ0) is 25.5. The summed E-state index contributed by atoms with van der Waals surface area (Å²) < 4.78 is 7.88. The van der Waals surface area contributed by atoms with E-state index in [1.165, 1.54) is 16.8 Å². The molecule has 0 atom stereocenters. The van der Waals surface area contributed by atoms with Gasteiger partial charge < -0.3 is 9.64 Å². The molecule has 2 aliphatic rings. The highest BCUT2D eigenvalue weighted by Crippen LogP contribution is 2.37. The Bertz CT molecular complexity index is 1450. The van der Waals surface area contributed by atoms with Crippen molar-refractivity contribution in [2.45, 2.75) is 58.5 Å². The van der Waals surface area contributed by atoms with Crippen molar-refractivity contribution in [1.29, 1.82) is 0 Å². The first-order valence-corrected chi connectivity index (χ1v) is 13.4. The van der Waals surface area contributed by atoms with Crippen LogP contribution in [0.5, 0.6) is 0 Å². The van der Waals surface area contributed by atoms with Gasteiger partial charge in [0.15, 0.2) is 0 Å². The lowest BCUT2D eigenvalue weighted by Gasteiger charge is -2.29. The van der Waals surface area contributed by atoms with Gasteiger partial charge in [-0.3, -0.25) is 14.5 Å². The van der Waals surface area contributed by atoms with Crippen LogP contribution >= 0.6 is 0 Å². The van der Waals surface area contributed by atoms with Gasteiger partial charge in [-0.15, -0.1) is 0 Å². The third kappa shape index (κ3) is 4.44. The van der Waals surface area contributed by atoms with Gasteiger partial charge in [0.1, 0.15) is 0 Å². The van der Waals surface area contributed by atoms with Gasteiger partial charge in [-0.1, -0.05) is 56.3 Å². The molecule has 4 aromatic rings. The lowest BCUT2D eigenvalue weighted by Crippen LogP contribution is -2.35. The van der Waals surface area contributed by atoms with Crippen LogP contribution in [0, 0.1) is 0 Å². The molecule has 6 rings (SSSR count). The summed E-state index contributed by atoms with van der Waals surface area (Å²) in [7, 11) is 0. The molecule has 37 heavy (non-hydrogen) atoms. The predicted octanol–water partition coefficient (Wildman–Crippen LogP) is 6.14. The van der Waals surface area contributed by atoms with Gasteiger partial charge >= 0.3 is 0 Å². The second-order valence-electron chi connectivity index (χ2n) is 10.6. The van der Waals surface area contributed by atoms with E-state index in [1.807, 2.05) is 11.1 Å². The molecule has 2 aromatic heterocycles. The molecule has 2 aliphatic heterocycles. The van der Waals surface area contributed by atoms with Crippen LogP contribution in [0.15, 0.2) is 54.7 Å². The predicted molar refractivity (Wildman–Crippen MR) is 146 cm³/mol. The third-order valence-electron chi connectivity index (χ3n) is 7.96. The number of pyridine rings is 1. The summed E-state index contributed by atoms with van der Waals surface area (Å²) >= 11 is 0. The molecule has 1 fully saturated rings. The smallest absolute Gasteiger partial charge is 0.219 e. The van der Waals surface area contributed by atoms with Gasteiger partial charge in [-0.2, -0.15) is 5.10 Å². The van der Waals surface area contributed by atoms with Crippen LogP contribution in [-0.2, 0) is 22.5 Å². The maximum atomic E-state index is 12.3. The number of hydrogen-bond acceptors (Lipinski definition) is 4. The Morgan fingerprint density at radius 1 is 1.08 bits per heavy atom. The summed E-state index contributed by atoms with van der Waals surface area (Å²) in [6, 6.07) is 17.6. The number of hydrogen-bond donors (Lipinski definition) is 0. The fourth-order valence-electron chi connectivity index (χ4n) is 5.74. The summed E-state index contributed by atoms with van der Waals surface area (Å²) in [5.41, 5.74) is 7.93. The number of aromatic nitrogens is 3. The molecule has 2 aromatic carbocycles. The molecule has 0 radical (unpaired) electrons. The van der Waals surface area contributed by atoms with E-state index in [0.717, 1.165) is 72.3 Å². The van der Waals surface area contributed by atoms with E-state index in [0.29, 0.717) is 18.5 Å². The molecular weight excluding hydrogens is 460 g/mol. The first-order chi connectivity index (χ1) is 18.0. The molecular formula is C31H34N4O2. The molecule has 1 saturated heterocycles. The molecule has 0 aliphatic carbocycles. The number of nitrogens with zero attached hydrogens (tertiary/aromatic N) is 4. The number of amides is 1. The molecule has 1 amide bonds. The topological polar surface area (TPSA) is 60.2 Å². The van der Waals surface area contributed by atoms with Gasteiger partial charge in [-0.25, -0.2) is 0 Å². The summed E-state index contributed by atoms with van der Waals surface area (Å²) in [4.78, 5) is 19.1. The summed E-state index contributed by atoms with van der Waals surface area (Å²) in [5, 5.41) is 7.46. The Morgan fingerprint density at radius 3 is 2.59 bits per heavy atom. The van der Waals surface area contributed by atoms with Gasteiger partial charge in [0.25, 0.3) is 0 Å². The van der Waals surface area contributed by atoms with Crippen molar-refractivity contribution >= 4 is 16.7 Å². The number of benzene rings is 2. The molecule has 6 nitrogen and oxygen atoms in total. The van der Waals surface area contributed by atoms with Crippen molar-refractivity contribution in [3.05, 3.63) is 71.5 Å². The number of carbonyl (C=O) groups excluding carboxylic acids is 1. The van der Waals surface area contributed by atoms with Gasteiger partial charge in [-0.05, 0) is 35.8 Å². The number of ether oxygens (including phenoxy) is 1. The molecule has 0 bridgehead atoms. The molecule has 0 spiro atoms. The molecule has 190 valence electrons. The van der Waals surface area contributed by atoms with Crippen molar-refractivity contribution in [3.8, 4) is 22.5 Å². The first kappa shape index (κ1) is 23.9. The Kier molecular flexibility index (Phi) is 6.29. The largest absolute Gasteiger partial charge is 0.381 e. The van der Waals surface area contributed by atoms with Crippen LogP contribution in [0.25, 0.3) is 33.3 Å². The summed E-state index contributed by atoms with van der Waals surface area (Å²) in [6.07, 6.45) is 4.76. The summed E-state index contributed by atoms with van der Waals surface area (Å²) in [5.74, 6) is 0.620. The Labute approximate surface area is 218 Å². The fourth-order valence-corrected chi connectivity index (χ4v) is 5.74. The van der Waals surface area contributed by atoms with Crippen LogP contribution in [0.2, 0.25) is 0 Å². The van der Waals surface area contributed by atoms with E-state index in [4.69, 9.17) is 14.8 Å². The molecule has 6 heteroatoms. The van der Waals surface area contributed by atoms with Crippen molar-refractivity contribution in [3.63, 3.8) is 0 Å². The molecule has 4 heterocycles. The maximum absolute atomic E-state index is 12.3. The minimum Gasteiger partial charge on any atom is -0.381 e. The third-order valence-corrected chi connectivity index (χ3v) is 7.96. The van der Waals surface area contributed by atoms with Crippen molar-refractivity contribution in [1.82, 2.24) is 19.7 Å². The number of fused-ring (bicyclic) bond motifs is 2. The van der Waals surface area contributed by atoms with Crippen LogP contribution in [0.3, 0.4) is 0 Å². The van der Waals surface area contributed by atoms with Gasteiger partial charge in [0.05, 0.1) is 17.4 Å². The minimum absolute atomic E-state index is 0.114. The maximum Gasteiger partial charge on any atom is 0.219 e. The van der Waals surface area contributed by atoms with Gasteiger partial charge in [0, 0.05) is 73.6 Å². The number of rotatable bonds is 4. The zero-order valence-electron chi connectivity index (χ0n) is 21.9. The van der Waals surface area contributed by atoms with E-state index in [9.17, 15) is 4.79 Å². The Hall–Kier alpha value is -3.51. The van der Waals surface area contributed by atoms with Crippen LogP contribution in [0.1, 0.15) is 62.4 Å². The molecule has 0 N–H and O–H groups in total. The van der Waals surface area contributed by atoms with Gasteiger partial charge in [0.2, 0.25) is 5.91 Å². The fraction of sp³-hybridized carbons (Fsp3) is 0.387. The molecule has 0 saturated carbocycles. The Morgan fingerprint density at radius 2 is 1.86 bits per heavy atom. The standard InChI is InChI=1S/C31H34N4O2/c1-20(2)22-7-9-23(10-8-22)29-17-24-5-4-6-26(27(24)18-32-29)31-28-19-34(21(3)36)14-11-30(28)35(33-31)25-12-15-37-16-13-25/h4-10,17-18,20,25H,11-16,19H2,1-3H3. The average Bonchev–Trinajstić information content (AvgIpc) is 3.31. The van der Waals surface area contributed by atoms with E-state index in [-0.39, 0.29) is 5.91 Å². The van der Waals surface area contributed by atoms with Crippen molar-refractivity contribution in [2.24, 2.45) is 0 Å². The lowest BCUT2D eigenvalue weighted by molar-refractivity contribution is -0.129. The van der Waals surface area contributed by atoms with Crippen LogP contribution < -0.4 is 0 Å². The second kappa shape index (κ2) is 9.75. The average molecular weight is 495 g/mol. The normalized spacial score (nSPS) is 16.4. The van der Waals surface area contributed by atoms with E-state index in [1.54, 1.807) is 6.92 Å². The van der Waals surface area contributed by atoms with E-state index >= 15 is 0 Å². The highest BCUT2D eigenvalue weighted by atomic mass is 16.5. The lowest BCUT2D eigenvalue weighted by atomic mass is 9.96. The second-order valence-corrected chi connectivity index (χ2v) is 10.6. The van der Waals surface area contributed by atoms with Crippen molar-refractivity contribution in [2.75, 3.05) is 19.8 Å². The van der Waals surface area contributed by atoms with E-state index in [2.05, 4.69) is 67.1 Å². The van der Waals surface area contributed by atoms with Crippen LogP contribution in [-0.4, -0.2) is 45.3 Å². The zero-order valence-corrected chi connectivity index (χ0v) is 21.9. The number of carbonyl (C=O) groups is 1. The first-order valence-electron chi connectivity index (χ1n) is 13.4. The molecule has 0 unspecified atom stereocenters.